The summed E-state index contributed by atoms with van der Waals surface area (Å²) in [6.45, 7) is 4.36. The smallest absolute Gasteiger partial charge is 0.379 e. The van der Waals surface area contributed by atoms with Gasteiger partial charge < -0.3 is 15.5 Å². The van der Waals surface area contributed by atoms with Gasteiger partial charge >= 0.3 is 6.18 Å². The number of nitrogens with zero attached hydrogens (tertiary/aromatic N) is 2. The van der Waals surface area contributed by atoms with Gasteiger partial charge in [-0.05, 0) is 70.2 Å². The van der Waals surface area contributed by atoms with Gasteiger partial charge in [0.05, 0.1) is 23.0 Å². The van der Waals surface area contributed by atoms with Crippen molar-refractivity contribution >= 4 is 34.0 Å². The molecule has 2 heterocycles. The standard InChI is InChI=1S/C29H34F4N4O/c1-17(29(31,32)33)27-22-4-3-5-25(36-26-12-13-37(2)16-24(26)30)23(22)15-21(34-27)14-18-6-10-20(11-7-18)35-28(38)19-8-9-19/h3-5,14-15,19-20,24,26,36H,1,6-13,16H2,2H3,(H,35,38)/t20?,24-,26+/m0/s1. The zero-order chi connectivity index (χ0) is 27.0. The van der Waals surface area contributed by atoms with Crippen molar-refractivity contribution in [2.24, 2.45) is 5.92 Å². The minimum Gasteiger partial charge on any atom is -0.379 e. The third-order valence-electron chi connectivity index (χ3n) is 7.88. The van der Waals surface area contributed by atoms with Crippen molar-refractivity contribution in [1.29, 1.82) is 0 Å². The number of hydrogen-bond donors (Lipinski definition) is 2. The highest BCUT2D eigenvalue weighted by atomic mass is 19.4. The number of aromatic nitrogens is 1. The molecule has 1 amide bonds. The summed E-state index contributed by atoms with van der Waals surface area (Å²) in [5.74, 6) is 0.299. The van der Waals surface area contributed by atoms with Crippen LogP contribution in [0.2, 0.25) is 0 Å². The number of amides is 1. The molecule has 2 aromatic rings. The van der Waals surface area contributed by atoms with Crippen molar-refractivity contribution in [3.05, 3.63) is 47.8 Å². The average Bonchev–Trinajstić information content (AvgIpc) is 3.72. The molecule has 5 nitrogen and oxygen atoms in total. The van der Waals surface area contributed by atoms with Crippen molar-refractivity contribution in [1.82, 2.24) is 15.2 Å². The van der Waals surface area contributed by atoms with Gasteiger partial charge in [-0.3, -0.25) is 4.79 Å². The third-order valence-corrected chi connectivity index (χ3v) is 7.88. The van der Waals surface area contributed by atoms with Crippen LogP contribution >= 0.6 is 0 Å². The highest BCUT2D eigenvalue weighted by Crippen LogP contribution is 2.38. The fraction of sp³-hybridized carbons (Fsp3) is 0.517. The lowest BCUT2D eigenvalue weighted by Gasteiger charge is -2.33. The van der Waals surface area contributed by atoms with Crippen LogP contribution in [0.3, 0.4) is 0 Å². The maximum absolute atomic E-state index is 14.8. The quantitative estimate of drug-likeness (QED) is 0.442. The predicted octanol–water partition coefficient (Wildman–Crippen LogP) is 6.12. The monoisotopic (exact) mass is 530 g/mol. The van der Waals surface area contributed by atoms with E-state index < -0.39 is 24.0 Å². The van der Waals surface area contributed by atoms with E-state index in [0.717, 1.165) is 50.6 Å². The summed E-state index contributed by atoms with van der Waals surface area (Å²) in [6.07, 6.45) is 1.72. The van der Waals surface area contributed by atoms with Crippen LogP contribution in [0.4, 0.5) is 23.2 Å². The number of pyridine rings is 1. The molecule has 2 saturated carbocycles. The SMILES string of the molecule is C=C(c1nc(C=C2CCC(NC(=O)C3CC3)CC2)cc2c(N[C@@H]3CCN(C)C[C@@H]3F)cccc12)C(F)(F)F. The molecule has 2 atom stereocenters. The van der Waals surface area contributed by atoms with Crippen molar-refractivity contribution in [3.8, 4) is 0 Å². The van der Waals surface area contributed by atoms with E-state index in [0.29, 0.717) is 35.1 Å². The van der Waals surface area contributed by atoms with Gasteiger partial charge in [-0.15, -0.1) is 0 Å². The first-order valence-corrected chi connectivity index (χ1v) is 13.4. The summed E-state index contributed by atoms with van der Waals surface area (Å²) in [7, 11) is 1.87. The van der Waals surface area contributed by atoms with Crippen LogP contribution in [0.25, 0.3) is 22.4 Å². The zero-order valence-electron chi connectivity index (χ0n) is 21.6. The van der Waals surface area contributed by atoms with Crippen LogP contribution in [-0.4, -0.2) is 60.4 Å². The lowest BCUT2D eigenvalue weighted by molar-refractivity contribution is -0.123. The molecule has 0 radical (unpaired) electrons. The molecular weight excluding hydrogens is 496 g/mol. The average molecular weight is 531 g/mol. The second-order valence-corrected chi connectivity index (χ2v) is 11.0. The largest absolute Gasteiger partial charge is 0.417 e. The molecule has 5 rings (SSSR count). The molecule has 0 spiro atoms. The molecule has 3 aliphatic rings. The Labute approximate surface area is 220 Å². The Morgan fingerprint density at radius 1 is 1.13 bits per heavy atom. The second kappa shape index (κ2) is 10.7. The minimum absolute atomic E-state index is 0.129. The van der Waals surface area contributed by atoms with Crippen LogP contribution in [0, 0.1) is 5.92 Å². The molecule has 1 aromatic heterocycles. The van der Waals surface area contributed by atoms with E-state index in [1.165, 1.54) is 0 Å². The number of alkyl halides is 4. The highest BCUT2D eigenvalue weighted by Gasteiger charge is 2.36. The topological polar surface area (TPSA) is 57.3 Å². The maximum atomic E-state index is 14.8. The number of allylic oxidation sites excluding steroid dienone is 2. The molecule has 1 saturated heterocycles. The number of nitrogens with one attached hydrogen (secondary N) is 2. The summed E-state index contributed by atoms with van der Waals surface area (Å²) in [4.78, 5) is 18.4. The van der Waals surface area contributed by atoms with Crippen molar-refractivity contribution in [2.45, 2.75) is 69.4 Å². The first-order chi connectivity index (χ1) is 18.1. The van der Waals surface area contributed by atoms with Gasteiger partial charge in [0.15, 0.2) is 0 Å². The lowest BCUT2D eigenvalue weighted by atomic mass is 9.89. The summed E-state index contributed by atoms with van der Waals surface area (Å²) in [5, 5.41) is 7.28. The number of carbonyl (C=O) groups is 1. The van der Waals surface area contributed by atoms with Gasteiger partial charge in [-0.2, -0.15) is 13.2 Å². The first kappa shape index (κ1) is 26.7. The molecule has 2 aliphatic carbocycles. The number of fused-ring (bicyclic) bond motifs is 1. The fourth-order valence-electron chi connectivity index (χ4n) is 5.43. The molecule has 0 unspecified atom stereocenters. The molecule has 3 fully saturated rings. The second-order valence-electron chi connectivity index (χ2n) is 11.0. The van der Waals surface area contributed by atoms with Crippen LogP contribution in [0.15, 0.2) is 36.4 Å². The van der Waals surface area contributed by atoms with E-state index >= 15 is 0 Å². The molecule has 2 N–H and O–H groups in total. The molecule has 1 aromatic carbocycles. The van der Waals surface area contributed by atoms with Gasteiger partial charge in [-0.25, -0.2) is 9.37 Å². The Balaban J connectivity index is 1.44. The Bertz CT molecular complexity index is 1240. The molecule has 38 heavy (non-hydrogen) atoms. The van der Waals surface area contributed by atoms with Crippen molar-refractivity contribution in [2.75, 3.05) is 25.5 Å². The van der Waals surface area contributed by atoms with Crippen LogP contribution in [0.1, 0.15) is 56.3 Å². The Morgan fingerprint density at radius 3 is 2.53 bits per heavy atom. The summed E-state index contributed by atoms with van der Waals surface area (Å²) in [6, 6.07) is 6.52. The van der Waals surface area contributed by atoms with Gasteiger partial charge in [0.25, 0.3) is 0 Å². The van der Waals surface area contributed by atoms with Crippen molar-refractivity contribution < 1.29 is 22.4 Å². The Morgan fingerprint density at radius 2 is 1.87 bits per heavy atom. The molecule has 9 heteroatoms. The van der Waals surface area contributed by atoms with E-state index in [1.54, 1.807) is 24.3 Å². The number of halogens is 4. The number of anilines is 1. The summed E-state index contributed by atoms with van der Waals surface area (Å²) < 4.78 is 56.1. The highest BCUT2D eigenvalue weighted by molar-refractivity contribution is 6.01. The number of carbonyl (C=O) groups excluding carboxylic acids is 1. The lowest BCUT2D eigenvalue weighted by Crippen LogP contribution is -2.46. The van der Waals surface area contributed by atoms with Crippen LogP contribution in [-0.2, 0) is 4.79 Å². The molecular formula is C29H34F4N4O. The number of piperidine rings is 1. The third kappa shape index (κ3) is 6.03. The molecule has 0 bridgehead atoms. The summed E-state index contributed by atoms with van der Waals surface area (Å²) in [5.41, 5.74) is 0.874. The van der Waals surface area contributed by atoms with Crippen molar-refractivity contribution in [3.63, 3.8) is 0 Å². The Hall–Kier alpha value is -2.94. The maximum Gasteiger partial charge on any atom is 0.417 e. The molecule has 1 aliphatic heterocycles. The predicted molar refractivity (Wildman–Crippen MR) is 142 cm³/mol. The molecule has 204 valence electrons. The van der Waals surface area contributed by atoms with Crippen LogP contribution < -0.4 is 10.6 Å². The zero-order valence-corrected chi connectivity index (χ0v) is 21.6. The van der Waals surface area contributed by atoms with E-state index in [1.807, 2.05) is 18.0 Å². The van der Waals surface area contributed by atoms with E-state index in [9.17, 15) is 22.4 Å². The number of benzene rings is 1. The van der Waals surface area contributed by atoms with E-state index in [2.05, 4.69) is 22.2 Å². The number of likely N-dealkylation sites (tertiary alicyclic amines) is 1. The normalized spacial score (nSPS) is 24.8. The summed E-state index contributed by atoms with van der Waals surface area (Å²) >= 11 is 0. The Kier molecular flexibility index (Phi) is 7.49. The van der Waals surface area contributed by atoms with Gasteiger partial charge in [-0.1, -0.05) is 24.3 Å². The number of rotatable bonds is 6. The van der Waals surface area contributed by atoms with Gasteiger partial charge in [0.2, 0.25) is 5.91 Å². The van der Waals surface area contributed by atoms with Crippen LogP contribution in [0.5, 0.6) is 0 Å². The fourth-order valence-corrected chi connectivity index (χ4v) is 5.43. The van der Waals surface area contributed by atoms with Gasteiger partial charge in [0.1, 0.15) is 6.17 Å². The van der Waals surface area contributed by atoms with Gasteiger partial charge in [0, 0.05) is 41.5 Å². The first-order valence-electron chi connectivity index (χ1n) is 13.4. The minimum atomic E-state index is -4.63. The number of hydrogen-bond acceptors (Lipinski definition) is 4. The van der Waals surface area contributed by atoms with E-state index in [4.69, 9.17) is 0 Å². The van der Waals surface area contributed by atoms with E-state index in [-0.39, 0.29) is 23.6 Å².